The lowest BCUT2D eigenvalue weighted by Gasteiger charge is -2.22. The zero-order valence-electron chi connectivity index (χ0n) is 24.6. The smallest absolute Gasteiger partial charge is 0.407 e. The van der Waals surface area contributed by atoms with E-state index in [4.69, 9.17) is 9.47 Å². The van der Waals surface area contributed by atoms with E-state index in [0.29, 0.717) is 0 Å². The Hall–Kier alpha value is -4.66. The van der Waals surface area contributed by atoms with Crippen LogP contribution in [-0.2, 0) is 30.3 Å². The van der Waals surface area contributed by atoms with E-state index in [9.17, 15) is 24.3 Å². The summed E-state index contributed by atoms with van der Waals surface area (Å²) >= 11 is 0. The molecule has 9 heteroatoms. The minimum Gasteiger partial charge on any atom is -0.479 e. The molecular weight excluding hydrogens is 548 g/mol. The lowest BCUT2D eigenvalue weighted by Crippen LogP contribution is -2.49. The van der Waals surface area contributed by atoms with Crippen molar-refractivity contribution in [2.45, 2.75) is 51.7 Å². The number of fused-ring (bicyclic) bond motifs is 3. The van der Waals surface area contributed by atoms with Gasteiger partial charge in [-0.15, -0.1) is 0 Å². The number of aliphatic carboxylic acids is 1. The van der Waals surface area contributed by atoms with Gasteiger partial charge in [-0.1, -0.05) is 99.6 Å². The Morgan fingerprint density at radius 1 is 0.837 bits per heavy atom. The molecule has 2 amide bonds. The molecule has 0 unspecified atom stereocenters. The number of carboxylic acids is 1. The summed E-state index contributed by atoms with van der Waals surface area (Å²) in [6.07, 6.45) is -1.61. The van der Waals surface area contributed by atoms with E-state index in [1.54, 1.807) is 6.92 Å². The molecule has 1 aliphatic rings. The first kappa shape index (κ1) is 31.3. The Labute approximate surface area is 251 Å². The number of nitrogens with one attached hydrogen (secondary N) is 2. The van der Waals surface area contributed by atoms with Gasteiger partial charge < -0.3 is 25.2 Å². The Balaban J connectivity index is 1.38. The lowest BCUT2D eigenvalue weighted by molar-refractivity contribution is -0.167. The number of carbonyl (C=O) groups excluding carboxylic acids is 3. The van der Waals surface area contributed by atoms with E-state index < -0.39 is 42.0 Å². The van der Waals surface area contributed by atoms with E-state index in [0.717, 1.165) is 27.8 Å². The van der Waals surface area contributed by atoms with Gasteiger partial charge in [-0.05, 0) is 40.2 Å². The zero-order chi connectivity index (χ0) is 30.9. The predicted molar refractivity (Wildman–Crippen MR) is 161 cm³/mol. The molecule has 0 spiro atoms. The molecular formula is C34H38N2O7. The minimum absolute atomic E-state index is 0.0200. The first-order valence-electron chi connectivity index (χ1n) is 14.5. The van der Waals surface area contributed by atoms with Crippen molar-refractivity contribution in [1.82, 2.24) is 10.6 Å². The number of ether oxygens (including phenoxy) is 2. The van der Waals surface area contributed by atoms with E-state index >= 15 is 0 Å². The molecule has 9 nitrogen and oxygen atoms in total. The van der Waals surface area contributed by atoms with E-state index in [-0.39, 0.29) is 37.8 Å². The molecule has 0 fully saturated rings. The van der Waals surface area contributed by atoms with Gasteiger partial charge >= 0.3 is 18.0 Å². The Morgan fingerprint density at radius 3 is 2.00 bits per heavy atom. The van der Waals surface area contributed by atoms with Crippen LogP contribution in [0.4, 0.5) is 4.79 Å². The van der Waals surface area contributed by atoms with Crippen LogP contribution in [0.25, 0.3) is 11.1 Å². The molecule has 3 N–H and O–H groups in total. The summed E-state index contributed by atoms with van der Waals surface area (Å²) in [5, 5.41) is 14.8. The second-order valence-electron chi connectivity index (χ2n) is 11.3. The molecule has 226 valence electrons. The first-order valence-corrected chi connectivity index (χ1v) is 14.5. The third kappa shape index (κ3) is 8.22. The molecule has 1 aliphatic carbocycles. The van der Waals surface area contributed by atoms with Gasteiger partial charge in [0.05, 0.1) is 5.92 Å². The highest BCUT2D eigenvalue weighted by Crippen LogP contribution is 2.44. The fourth-order valence-electron chi connectivity index (χ4n) is 5.19. The first-order chi connectivity index (χ1) is 20.6. The summed E-state index contributed by atoms with van der Waals surface area (Å²) in [4.78, 5) is 50.3. The van der Waals surface area contributed by atoms with Crippen LogP contribution >= 0.6 is 0 Å². The highest BCUT2D eigenvalue weighted by Gasteiger charge is 2.31. The van der Waals surface area contributed by atoms with Crippen molar-refractivity contribution in [2.75, 3.05) is 13.2 Å². The van der Waals surface area contributed by atoms with Crippen LogP contribution in [0, 0.1) is 11.8 Å². The molecule has 0 radical (unpaired) electrons. The Morgan fingerprint density at radius 2 is 1.42 bits per heavy atom. The van der Waals surface area contributed by atoms with Crippen molar-refractivity contribution in [3.05, 3.63) is 95.6 Å². The van der Waals surface area contributed by atoms with Gasteiger partial charge in [0, 0.05) is 18.9 Å². The summed E-state index contributed by atoms with van der Waals surface area (Å²) in [7, 11) is 0. The summed E-state index contributed by atoms with van der Waals surface area (Å²) in [6.45, 7) is 5.22. The van der Waals surface area contributed by atoms with Gasteiger partial charge in [0.1, 0.15) is 12.6 Å². The third-order valence-electron chi connectivity index (χ3n) is 7.44. The fraction of sp³-hybridized carbons (Fsp3) is 0.353. The van der Waals surface area contributed by atoms with Gasteiger partial charge in [-0.2, -0.15) is 0 Å². The van der Waals surface area contributed by atoms with Crippen molar-refractivity contribution in [3.63, 3.8) is 0 Å². The number of rotatable bonds is 13. The standard InChI is InChI=1S/C34H38N2O7/c1-21(2)17-30(32(38)39)43-33(40)22(3)19-35-31(37)29(18-23-11-5-4-6-12-23)36-34(41)42-20-28-26-15-9-7-13-24(26)25-14-8-10-16-27(25)28/h4-16,21-22,28-30H,17-20H2,1-3H3,(H,35,37)(H,36,41)(H,38,39)/t22-,29-,30+/m1/s1. The van der Waals surface area contributed by atoms with Crippen LogP contribution in [0.3, 0.4) is 0 Å². The van der Waals surface area contributed by atoms with Gasteiger partial charge in [0.25, 0.3) is 0 Å². The summed E-state index contributed by atoms with van der Waals surface area (Å²) in [5.74, 6) is -3.35. The maximum Gasteiger partial charge on any atom is 0.407 e. The van der Waals surface area contributed by atoms with E-state index in [2.05, 4.69) is 22.8 Å². The third-order valence-corrected chi connectivity index (χ3v) is 7.44. The van der Waals surface area contributed by atoms with Gasteiger partial charge in [0.15, 0.2) is 6.10 Å². The molecule has 3 aromatic rings. The molecule has 0 aromatic heterocycles. The van der Waals surface area contributed by atoms with Crippen LogP contribution in [0.5, 0.6) is 0 Å². The quantitative estimate of drug-likeness (QED) is 0.242. The summed E-state index contributed by atoms with van der Waals surface area (Å²) in [6, 6.07) is 24.3. The van der Waals surface area contributed by atoms with Crippen LogP contribution in [0.1, 0.15) is 49.8 Å². The Kier molecular flexibility index (Phi) is 10.5. The molecule has 0 bridgehead atoms. The van der Waals surface area contributed by atoms with Crippen molar-refractivity contribution in [2.24, 2.45) is 11.8 Å². The number of amides is 2. The molecule has 3 aromatic carbocycles. The van der Waals surface area contributed by atoms with Crippen LogP contribution in [0.15, 0.2) is 78.9 Å². The molecule has 0 aliphatic heterocycles. The number of hydrogen-bond donors (Lipinski definition) is 3. The number of benzene rings is 3. The van der Waals surface area contributed by atoms with Crippen molar-refractivity contribution in [1.29, 1.82) is 0 Å². The van der Waals surface area contributed by atoms with Crippen LogP contribution in [0.2, 0.25) is 0 Å². The molecule has 0 saturated heterocycles. The average Bonchev–Trinajstić information content (AvgIpc) is 3.31. The number of hydrogen-bond acceptors (Lipinski definition) is 6. The molecule has 3 atom stereocenters. The summed E-state index contributed by atoms with van der Waals surface area (Å²) in [5.41, 5.74) is 5.20. The Bertz CT molecular complexity index is 1390. The summed E-state index contributed by atoms with van der Waals surface area (Å²) < 4.78 is 10.8. The minimum atomic E-state index is -1.26. The van der Waals surface area contributed by atoms with Crippen LogP contribution in [-0.4, -0.2) is 54.3 Å². The second-order valence-corrected chi connectivity index (χ2v) is 11.3. The maximum atomic E-state index is 13.2. The normalized spacial score (nSPS) is 14.1. The topological polar surface area (TPSA) is 131 Å². The zero-order valence-corrected chi connectivity index (χ0v) is 24.6. The second kappa shape index (κ2) is 14.5. The highest BCUT2D eigenvalue weighted by atomic mass is 16.6. The maximum absolute atomic E-state index is 13.2. The van der Waals surface area contributed by atoms with E-state index in [1.165, 1.54) is 0 Å². The van der Waals surface area contributed by atoms with Crippen molar-refractivity contribution >= 4 is 23.9 Å². The van der Waals surface area contributed by atoms with Gasteiger partial charge in [-0.3, -0.25) is 9.59 Å². The van der Waals surface area contributed by atoms with Gasteiger partial charge in [0.2, 0.25) is 5.91 Å². The number of carboxylic acid groups (broad SMARTS) is 1. The number of alkyl carbamates (subject to hydrolysis) is 1. The predicted octanol–water partition coefficient (Wildman–Crippen LogP) is 4.93. The molecule has 4 rings (SSSR count). The number of carbonyl (C=O) groups is 4. The average molecular weight is 587 g/mol. The monoisotopic (exact) mass is 586 g/mol. The van der Waals surface area contributed by atoms with Crippen molar-refractivity contribution < 1.29 is 33.8 Å². The van der Waals surface area contributed by atoms with Crippen molar-refractivity contribution in [3.8, 4) is 11.1 Å². The van der Waals surface area contributed by atoms with Crippen LogP contribution < -0.4 is 10.6 Å². The molecule has 0 heterocycles. The van der Waals surface area contributed by atoms with Gasteiger partial charge in [-0.25, -0.2) is 9.59 Å². The molecule has 43 heavy (non-hydrogen) atoms. The van der Waals surface area contributed by atoms with E-state index in [1.807, 2.05) is 80.6 Å². The highest BCUT2D eigenvalue weighted by molar-refractivity contribution is 5.87. The number of esters is 1. The largest absolute Gasteiger partial charge is 0.479 e. The SMILES string of the molecule is CC(C)C[C@H](OC(=O)[C@H](C)CNC(=O)[C@@H](Cc1ccccc1)NC(=O)OCC1c2ccccc2-c2ccccc21)C(=O)O. The lowest BCUT2D eigenvalue weighted by atomic mass is 9.98. The fourth-order valence-corrected chi connectivity index (χ4v) is 5.19. The molecule has 0 saturated carbocycles.